The van der Waals surface area contributed by atoms with Gasteiger partial charge in [-0.3, -0.25) is 4.72 Å². The molecule has 0 aromatic heterocycles. The minimum Gasteiger partial charge on any atom is -0.398 e. The molecule has 20 heavy (non-hydrogen) atoms. The molecule has 0 radical (unpaired) electrons. The number of rotatable bonds is 4. The smallest absolute Gasteiger partial charge is 0.263 e. The van der Waals surface area contributed by atoms with Crippen molar-refractivity contribution in [3.63, 3.8) is 0 Å². The lowest BCUT2D eigenvalue weighted by Crippen LogP contribution is -2.14. The Morgan fingerprint density at radius 2 is 1.75 bits per heavy atom. The first-order valence-corrected chi connectivity index (χ1v) is 7.34. The molecule has 0 spiro atoms. The number of para-hydroxylation sites is 1. The van der Waals surface area contributed by atoms with Crippen molar-refractivity contribution in [2.75, 3.05) is 10.5 Å². The number of nitrogens with one attached hydrogen (secondary N) is 1. The van der Waals surface area contributed by atoms with Crippen molar-refractivity contribution >= 4 is 21.4 Å². The molecule has 0 saturated heterocycles. The van der Waals surface area contributed by atoms with Gasteiger partial charge in [-0.15, -0.1) is 0 Å². The zero-order chi connectivity index (χ0) is 14.6. The lowest BCUT2D eigenvalue weighted by atomic mass is 10.1. The van der Waals surface area contributed by atoms with E-state index >= 15 is 0 Å². The van der Waals surface area contributed by atoms with Crippen LogP contribution in [0.4, 0.5) is 11.4 Å². The highest BCUT2D eigenvalue weighted by Gasteiger charge is 2.16. The van der Waals surface area contributed by atoms with Crippen LogP contribution in [-0.4, -0.2) is 8.42 Å². The van der Waals surface area contributed by atoms with Crippen molar-refractivity contribution in [2.45, 2.75) is 11.3 Å². The molecule has 0 aliphatic heterocycles. The molecule has 5 nitrogen and oxygen atoms in total. The third-order valence-corrected chi connectivity index (χ3v) is 4.15. The van der Waals surface area contributed by atoms with Crippen LogP contribution in [0, 0.1) is 11.3 Å². The van der Waals surface area contributed by atoms with Gasteiger partial charge in [0.05, 0.1) is 18.2 Å². The number of nitrogens with two attached hydrogens (primary N) is 1. The zero-order valence-corrected chi connectivity index (χ0v) is 11.4. The summed E-state index contributed by atoms with van der Waals surface area (Å²) in [5.41, 5.74) is 7.12. The van der Waals surface area contributed by atoms with E-state index in [0.717, 1.165) is 5.56 Å². The van der Waals surface area contributed by atoms with E-state index in [1.54, 1.807) is 36.4 Å². The molecular formula is C14H13N3O2S. The van der Waals surface area contributed by atoms with Gasteiger partial charge in [-0.1, -0.05) is 24.3 Å². The van der Waals surface area contributed by atoms with Crippen LogP contribution in [0.15, 0.2) is 53.4 Å². The second-order valence-electron chi connectivity index (χ2n) is 4.18. The molecule has 0 fully saturated rings. The number of nitrogens with zero attached hydrogens (tertiary/aromatic N) is 1. The normalized spacial score (nSPS) is 10.8. The summed E-state index contributed by atoms with van der Waals surface area (Å²) in [6.45, 7) is 0. The second-order valence-corrected chi connectivity index (χ2v) is 5.83. The Kier molecular flexibility index (Phi) is 3.91. The van der Waals surface area contributed by atoms with Crippen LogP contribution in [-0.2, 0) is 16.4 Å². The highest BCUT2D eigenvalue weighted by atomic mass is 32.2. The monoisotopic (exact) mass is 287 g/mol. The number of nitriles is 1. The Morgan fingerprint density at radius 3 is 2.35 bits per heavy atom. The highest BCUT2D eigenvalue weighted by molar-refractivity contribution is 7.92. The average Bonchev–Trinajstić information content (AvgIpc) is 2.41. The van der Waals surface area contributed by atoms with Crippen molar-refractivity contribution in [1.82, 2.24) is 0 Å². The van der Waals surface area contributed by atoms with Gasteiger partial charge in [0.15, 0.2) is 0 Å². The summed E-state index contributed by atoms with van der Waals surface area (Å²) in [5.74, 6) is 0. The van der Waals surface area contributed by atoms with Crippen molar-refractivity contribution in [2.24, 2.45) is 0 Å². The molecule has 2 rings (SSSR count). The van der Waals surface area contributed by atoms with Crippen molar-refractivity contribution in [3.8, 4) is 6.07 Å². The lowest BCUT2D eigenvalue weighted by Gasteiger charge is -2.10. The maximum Gasteiger partial charge on any atom is 0.263 e. The summed E-state index contributed by atoms with van der Waals surface area (Å²) >= 11 is 0. The maximum atomic E-state index is 12.2. The Morgan fingerprint density at radius 1 is 1.10 bits per heavy atom. The van der Waals surface area contributed by atoms with Gasteiger partial charge in [0.1, 0.15) is 4.90 Å². The van der Waals surface area contributed by atoms with Gasteiger partial charge in [-0.2, -0.15) is 5.26 Å². The molecule has 0 atom stereocenters. The van der Waals surface area contributed by atoms with E-state index in [4.69, 9.17) is 11.0 Å². The summed E-state index contributed by atoms with van der Waals surface area (Å²) in [6, 6.07) is 14.9. The first kappa shape index (κ1) is 13.9. The summed E-state index contributed by atoms with van der Waals surface area (Å²) in [4.78, 5) is 0.0427. The fourth-order valence-electron chi connectivity index (χ4n) is 1.72. The van der Waals surface area contributed by atoms with E-state index in [1.807, 2.05) is 6.07 Å². The number of hydrogen-bond acceptors (Lipinski definition) is 4. The minimum absolute atomic E-state index is 0.0427. The minimum atomic E-state index is -3.71. The first-order chi connectivity index (χ1) is 9.53. The number of benzene rings is 2. The zero-order valence-electron chi connectivity index (χ0n) is 10.6. The number of sulfonamides is 1. The topological polar surface area (TPSA) is 96.0 Å². The van der Waals surface area contributed by atoms with Gasteiger partial charge in [-0.05, 0) is 29.8 Å². The fraction of sp³-hybridized carbons (Fsp3) is 0.0714. The third kappa shape index (κ3) is 3.08. The van der Waals surface area contributed by atoms with E-state index in [1.165, 1.54) is 12.1 Å². The molecule has 2 aromatic rings. The molecule has 0 saturated carbocycles. The summed E-state index contributed by atoms with van der Waals surface area (Å²) in [6.07, 6.45) is 0.290. The summed E-state index contributed by atoms with van der Waals surface area (Å²) in [5, 5.41) is 8.58. The Bertz CT molecular complexity index is 747. The summed E-state index contributed by atoms with van der Waals surface area (Å²) < 4.78 is 26.8. The first-order valence-electron chi connectivity index (χ1n) is 5.86. The quantitative estimate of drug-likeness (QED) is 0.842. The predicted molar refractivity (Wildman–Crippen MR) is 77.4 cm³/mol. The molecule has 0 aliphatic rings. The van der Waals surface area contributed by atoms with Crippen molar-refractivity contribution in [3.05, 3.63) is 54.1 Å². The molecule has 0 bridgehead atoms. The maximum absolute atomic E-state index is 12.2. The van der Waals surface area contributed by atoms with Gasteiger partial charge in [0.25, 0.3) is 10.0 Å². The molecule has 0 heterocycles. The molecule has 3 N–H and O–H groups in total. The van der Waals surface area contributed by atoms with Crippen LogP contribution in [0.5, 0.6) is 0 Å². The standard InChI is InChI=1S/C14H13N3O2S/c15-10-9-11-5-7-12(8-6-11)17-20(18,19)14-4-2-1-3-13(14)16/h1-8,17H,9,16H2. The Balaban J connectivity index is 2.25. The fourth-order valence-corrected chi connectivity index (χ4v) is 2.91. The van der Waals surface area contributed by atoms with Crippen LogP contribution in [0.25, 0.3) is 0 Å². The lowest BCUT2D eigenvalue weighted by molar-refractivity contribution is 0.601. The van der Waals surface area contributed by atoms with E-state index in [2.05, 4.69) is 4.72 Å². The van der Waals surface area contributed by atoms with Gasteiger partial charge in [0.2, 0.25) is 0 Å². The number of hydrogen-bond donors (Lipinski definition) is 2. The molecule has 0 unspecified atom stereocenters. The van der Waals surface area contributed by atoms with Gasteiger partial charge >= 0.3 is 0 Å². The van der Waals surface area contributed by atoms with Crippen LogP contribution >= 0.6 is 0 Å². The molecule has 0 aliphatic carbocycles. The number of nitrogen functional groups attached to an aromatic ring is 1. The second kappa shape index (κ2) is 5.63. The van der Waals surface area contributed by atoms with E-state index < -0.39 is 10.0 Å². The Hall–Kier alpha value is -2.52. The molecular weight excluding hydrogens is 274 g/mol. The van der Waals surface area contributed by atoms with Gasteiger partial charge in [0, 0.05) is 5.69 Å². The highest BCUT2D eigenvalue weighted by Crippen LogP contribution is 2.21. The summed E-state index contributed by atoms with van der Waals surface area (Å²) in [7, 11) is -3.71. The van der Waals surface area contributed by atoms with Crippen LogP contribution in [0.2, 0.25) is 0 Å². The van der Waals surface area contributed by atoms with Crippen LogP contribution in [0.1, 0.15) is 5.56 Å². The van der Waals surface area contributed by atoms with Crippen molar-refractivity contribution < 1.29 is 8.42 Å². The van der Waals surface area contributed by atoms with E-state index in [0.29, 0.717) is 12.1 Å². The molecule has 2 aromatic carbocycles. The Labute approximate surface area is 117 Å². The largest absolute Gasteiger partial charge is 0.398 e. The number of anilines is 2. The van der Waals surface area contributed by atoms with Crippen molar-refractivity contribution in [1.29, 1.82) is 5.26 Å². The SMILES string of the molecule is N#CCc1ccc(NS(=O)(=O)c2ccccc2N)cc1. The van der Waals surface area contributed by atoms with Gasteiger partial charge in [-0.25, -0.2) is 8.42 Å². The van der Waals surface area contributed by atoms with Crippen LogP contribution < -0.4 is 10.5 Å². The average molecular weight is 287 g/mol. The predicted octanol–water partition coefficient (Wildman–Crippen LogP) is 2.14. The molecule has 0 amide bonds. The van der Waals surface area contributed by atoms with E-state index in [9.17, 15) is 8.42 Å². The molecule has 102 valence electrons. The van der Waals surface area contributed by atoms with Crippen LogP contribution in [0.3, 0.4) is 0 Å². The van der Waals surface area contributed by atoms with Gasteiger partial charge < -0.3 is 5.73 Å². The van der Waals surface area contributed by atoms with E-state index in [-0.39, 0.29) is 10.6 Å². The molecule has 6 heteroatoms. The third-order valence-electron chi connectivity index (χ3n) is 2.70.